The van der Waals surface area contributed by atoms with E-state index in [1.807, 2.05) is 0 Å². The lowest BCUT2D eigenvalue weighted by Crippen LogP contribution is -2.57. The number of ether oxygens (including phenoxy) is 1. The molecule has 0 radical (unpaired) electrons. The van der Waals surface area contributed by atoms with Gasteiger partial charge in [-0.05, 0) is 18.6 Å². The molecule has 0 aliphatic carbocycles. The summed E-state index contributed by atoms with van der Waals surface area (Å²) in [5.41, 5.74) is 5.57. The number of carbonyl (C=O) groups is 2. The Morgan fingerprint density at radius 3 is 2.17 bits per heavy atom. The largest absolute Gasteiger partial charge is 0.490 e. The molecular formula is C20H14F6N6O3. The van der Waals surface area contributed by atoms with Crippen molar-refractivity contribution in [3.63, 3.8) is 0 Å². The van der Waals surface area contributed by atoms with Gasteiger partial charge in [0.05, 0.1) is 11.9 Å². The van der Waals surface area contributed by atoms with Gasteiger partial charge in [-0.1, -0.05) is 12.1 Å². The van der Waals surface area contributed by atoms with Crippen molar-refractivity contribution in [2.45, 2.75) is 24.9 Å². The Bertz CT molecular complexity index is 1280. The summed E-state index contributed by atoms with van der Waals surface area (Å²) < 4.78 is 84.1. The third-order valence-electron chi connectivity index (χ3n) is 4.78. The fourth-order valence-corrected chi connectivity index (χ4v) is 3.09. The quantitative estimate of drug-likeness (QED) is 0.402. The minimum atomic E-state index is -5.86. The van der Waals surface area contributed by atoms with E-state index in [-0.39, 0.29) is 28.3 Å². The third kappa shape index (κ3) is 4.69. The van der Waals surface area contributed by atoms with E-state index in [1.54, 1.807) is 0 Å². The minimum Gasteiger partial charge on any atom is -0.427 e. The molecule has 15 heteroatoms. The maximum absolute atomic E-state index is 14.0. The molecule has 0 saturated heterocycles. The molecule has 184 valence electrons. The van der Waals surface area contributed by atoms with Gasteiger partial charge in [0.2, 0.25) is 0 Å². The second-order valence-electron chi connectivity index (χ2n) is 7.08. The average Bonchev–Trinajstić information content (AvgIpc) is 2.77. The van der Waals surface area contributed by atoms with Crippen LogP contribution in [0, 0.1) is 6.92 Å². The predicted octanol–water partition coefficient (Wildman–Crippen LogP) is 2.84. The smallest absolute Gasteiger partial charge is 0.427 e. The molecule has 0 bridgehead atoms. The number of primary amides is 1. The molecule has 2 heterocycles. The first-order chi connectivity index (χ1) is 16.2. The number of aryl methyl sites for hydroxylation is 1. The fraction of sp³-hybridized carbons (Fsp3) is 0.200. The van der Waals surface area contributed by atoms with E-state index in [9.17, 15) is 35.9 Å². The summed E-state index contributed by atoms with van der Waals surface area (Å²) in [6.45, 7) is 1.45. The first kappa shape index (κ1) is 25.3. The molecule has 1 aromatic carbocycles. The summed E-state index contributed by atoms with van der Waals surface area (Å²) in [6, 6.07) is 2.40. The van der Waals surface area contributed by atoms with Crippen LogP contribution < -0.4 is 11.5 Å². The second-order valence-corrected chi connectivity index (χ2v) is 7.08. The highest BCUT2D eigenvalue weighted by Gasteiger charge is 2.66. The zero-order chi connectivity index (χ0) is 26.2. The molecule has 1 atom stereocenters. The number of aromatic nitrogens is 4. The number of rotatable bonds is 5. The molecule has 1 unspecified atom stereocenters. The van der Waals surface area contributed by atoms with E-state index < -0.39 is 35.4 Å². The molecule has 2 aromatic heterocycles. The summed E-state index contributed by atoms with van der Waals surface area (Å²) in [4.78, 5) is 39.1. The van der Waals surface area contributed by atoms with Crippen molar-refractivity contribution < 1.29 is 40.7 Å². The van der Waals surface area contributed by atoms with Gasteiger partial charge in [-0.3, -0.25) is 4.79 Å². The van der Waals surface area contributed by atoms with Crippen LogP contribution in [0.5, 0.6) is 0 Å². The monoisotopic (exact) mass is 500 g/mol. The van der Waals surface area contributed by atoms with Gasteiger partial charge >= 0.3 is 23.9 Å². The van der Waals surface area contributed by atoms with Gasteiger partial charge in [0, 0.05) is 29.1 Å². The van der Waals surface area contributed by atoms with Crippen molar-refractivity contribution in [1.29, 1.82) is 0 Å². The highest BCUT2D eigenvalue weighted by Crippen LogP contribution is 2.45. The molecule has 4 N–H and O–H groups in total. The predicted molar refractivity (Wildman–Crippen MR) is 107 cm³/mol. The first-order valence-corrected chi connectivity index (χ1v) is 9.34. The van der Waals surface area contributed by atoms with Gasteiger partial charge < -0.3 is 16.2 Å². The lowest BCUT2D eigenvalue weighted by molar-refractivity contribution is -0.280. The number of amides is 1. The second kappa shape index (κ2) is 8.81. The molecule has 0 aliphatic rings. The molecule has 0 aliphatic heterocycles. The molecular weight excluding hydrogens is 486 g/mol. The number of halogens is 6. The molecule has 0 saturated carbocycles. The maximum atomic E-state index is 14.0. The van der Waals surface area contributed by atoms with Crippen LogP contribution in [0.15, 0.2) is 43.1 Å². The molecule has 0 fully saturated rings. The zero-order valence-electron chi connectivity index (χ0n) is 17.5. The van der Waals surface area contributed by atoms with E-state index in [0.29, 0.717) is 17.7 Å². The average molecular weight is 500 g/mol. The van der Waals surface area contributed by atoms with Crippen molar-refractivity contribution in [3.05, 3.63) is 54.2 Å². The standard InChI is InChI=1S/C20H14F6N6O3/c1-9-2-3-11(18(16(28)33,20(24,25)26)35-17(34)19(21,22)23)4-12(9)13-7-31-15(27)14(32-13)10-5-29-8-30-6-10/h2-8H,1H3,(H2,27,31)(H2,28,33). The summed E-state index contributed by atoms with van der Waals surface area (Å²) in [6.07, 6.45) is -6.68. The van der Waals surface area contributed by atoms with Crippen LogP contribution in [0.1, 0.15) is 11.1 Å². The van der Waals surface area contributed by atoms with Crippen molar-refractivity contribution in [3.8, 4) is 22.5 Å². The Balaban J connectivity index is 2.24. The molecule has 35 heavy (non-hydrogen) atoms. The van der Waals surface area contributed by atoms with E-state index in [2.05, 4.69) is 24.7 Å². The molecule has 3 rings (SSSR count). The van der Waals surface area contributed by atoms with Crippen molar-refractivity contribution >= 4 is 17.7 Å². The highest BCUT2D eigenvalue weighted by molar-refractivity contribution is 5.90. The summed E-state index contributed by atoms with van der Waals surface area (Å²) in [7, 11) is 0. The number of esters is 1. The zero-order valence-corrected chi connectivity index (χ0v) is 17.5. The summed E-state index contributed by atoms with van der Waals surface area (Å²) in [5, 5.41) is 0. The van der Waals surface area contributed by atoms with Gasteiger partial charge in [0.1, 0.15) is 17.8 Å². The van der Waals surface area contributed by atoms with E-state index in [4.69, 9.17) is 11.5 Å². The number of anilines is 1. The Hall–Kier alpha value is -4.30. The van der Waals surface area contributed by atoms with Crippen molar-refractivity contribution in [2.24, 2.45) is 5.73 Å². The van der Waals surface area contributed by atoms with Crippen molar-refractivity contribution in [2.75, 3.05) is 5.73 Å². The SMILES string of the molecule is Cc1ccc(C(OC(=O)C(F)(F)F)(C(N)=O)C(F)(F)F)cc1-c1cnc(N)c(-c2cncnc2)n1. The lowest BCUT2D eigenvalue weighted by Gasteiger charge is -2.33. The summed E-state index contributed by atoms with van der Waals surface area (Å²) >= 11 is 0. The Morgan fingerprint density at radius 1 is 1.00 bits per heavy atom. The summed E-state index contributed by atoms with van der Waals surface area (Å²) in [5.74, 6) is -5.71. The van der Waals surface area contributed by atoms with E-state index in [1.165, 1.54) is 25.6 Å². The van der Waals surface area contributed by atoms with Crippen LogP contribution in [0.3, 0.4) is 0 Å². The number of nitrogen functional groups attached to an aromatic ring is 1. The third-order valence-corrected chi connectivity index (χ3v) is 4.78. The van der Waals surface area contributed by atoms with Crippen molar-refractivity contribution in [1.82, 2.24) is 19.9 Å². The molecule has 1 amide bonds. The Labute approximate surface area is 192 Å². The molecule has 3 aromatic rings. The van der Waals surface area contributed by atoms with E-state index >= 15 is 0 Å². The Morgan fingerprint density at radius 2 is 1.63 bits per heavy atom. The van der Waals surface area contributed by atoms with Gasteiger partial charge in [-0.2, -0.15) is 26.3 Å². The van der Waals surface area contributed by atoms with E-state index in [0.717, 1.165) is 12.3 Å². The number of hydrogen-bond acceptors (Lipinski definition) is 8. The minimum absolute atomic E-state index is 0.0633. The molecule has 0 spiro atoms. The van der Waals surface area contributed by atoms with Crippen LogP contribution in [-0.4, -0.2) is 44.2 Å². The van der Waals surface area contributed by atoms with Gasteiger partial charge in [0.25, 0.3) is 5.91 Å². The number of alkyl halides is 6. The first-order valence-electron chi connectivity index (χ1n) is 9.34. The number of hydrogen-bond donors (Lipinski definition) is 2. The van der Waals surface area contributed by atoms with Crippen LogP contribution in [0.2, 0.25) is 0 Å². The van der Waals surface area contributed by atoms with Gasteiger partial charge in [-0.25, -0.2) is 24.7 Å². The topological polar surface area (TPSA) is 147 Å². The Kier molecular flexibility index (Phi) is 6.37. The fourth-order valence-electron chi connectivity index (χ4n) is 3.09. The van der Waals surface area contributed by atoms with Crippen LogP contribution in [0.4, 0.5) is 32.2 Å². The van der Waals surface area contributed by atoms with Crippen LogP contribution in [0.25, 0.3) is 22.5 Å². The number of benzene rings is 1. The van der Waals surface area contributed by atoms with Crippen LogP contribution in [-0.2, 0) is 19.9 Å². The lowest BCUT2D eigenvalue weighted by atomic mass is 9.88. The molecule has 9 nitrogen and oxygen atoms in total. The number of carbonyl (C=O) groups excluding carboxylic acids is 2. The van der Waals surface area contributed by atoms with Crippen LogP contribution >= 0.6 is 0 Å². The normalized spacial score (nSPS) is 13.7. The number of nitrogens with two attached hydrogens (primary N) is 2. The van der Waals surface area contributed by atoms with Gasteiger partial charge in [0.15, 0.2) is 0 Å². The highest BCUT2D eigenvalue weighted by atomic mass is 19.4. The van der Waals surface area contributed by atoms with Gasteiger partial charge in [-0.15, -0.1) is 0 Å². The number of nitrogens with zero attached hydrogens (tertiary/aromatic N) is 4. The maximum Gasteiger partial charge on any atom is 0.490 e.